The van der Waals surface area contributed by atoms with Gasteiger partial charge in [0.2, 0.25) is 0 Å². The van der Waals surface area contributed by atoms with Crippen LogP contribution in [0.1, 0.15) is 23.2 Å². The molecule has 2 aromatic rings. The van der Waals surface area contributed by atoms with Crippen LogP contribution in [0.15, 0.2) is 18.2 Å². The molecule has 2 nitrogen and oxygen atoms in total. The van der Waals surface area contributed by atoms with Crippen molar-refractivity contribution in [3.8, 4) is 0 Å². The van der Waals surface area contributed by atoms with Crippen molar-refractivity contribution in [2.45, 2.75) is 25.8 Å². The number of hydrogen-bond donors (Lipinski definition) is 1. The first kappa shape index (κ1) is 11.0. The second-order valence-electron chi connectivity index (χ2n) is 4.56. The summed E-state index contributed by atoms with van der Waals surface area (Å²) in [6, 6.07) is 5.98. The van der Waals surface area contributed by atoms with E-state index in [1.807, 2.05) is 25.2 Å². The van der Waals surface area contributed by atoms with Crippen molar-refractivity contribution in [2.24, 2.45) is 0 Å². The van der Waals surface area contributed by atoms with Crippen LogP contribution in [0, 0.1) is 0 Å². The van der Waals surface area contributed by atoms with E-state index in [2.05, 4.69) is 5.32 Å². The number of benzene rings is 1. The van der Waals surface area contributed by atoms with Crippen LogP contribution in [0.2, 0.25) is 5.02 Å². The number of pyridine rings is 1. The maximum atomic E-state index is 6.09. The molecule has 88 valence electrons. The van der Waals surface area contributed by atoms with Gasteiger partial charge < -0.3 is 5.32 Å². The van der Waals surface area contributed by atoms with Gasteiger partial charge in [-0.25, -0.2) is 0 Å². The van der Waals surface area contributed by atoms with Crippen molar-refractivity contribution < 1.29 is 0 Å². The summed E-state index contributed by atoms with van der Waals surface area (Å²) in [6.07, 6.45) is 3.50. The monoisotopic (exact) mass is 246 g/mol. The van der Waals surface area contributed by atoms with E-state index in [1.54, 1.807) is 0 Å². The molecular formula is C14H15ClN2. The normalized spacial score (nSPS) is 14.2. The van der Waals surface area contributed by atoms with Crippen LogP contribution in [0.25, 0.3) is 10.9 Å². The van der Waals surface area contributed by atoms with E-state index in [0.717, 1.165) is 29.9 Å². The smallest absolute Gasteiger partial charge is 0.0709 e. The Morgan fingerprint density at radius 3 is 3.06 bits per heavy atom. The van der Waals surface area contributed by atoms with Crippen LogP contribution in [0.5, 0.6) is 0 Å². The zero-order valence-electron chi connectivity index (χ0n) is 9.89. The SMILES string of the molecule is CNCc1c2c(nc3ccc(Cl)cc13)CCC2. The first-order chi connectivity index (χ1) is 8.29. The number of nitrogens with one attached hydrogen (secondary N) is 1. The van der Waals surface area contributed by atoms with Crippen molar-refractivity contribution >= 4 is 22.5 Å². The number of hydrogen-bond acceptors (Lipinski definition) is 2. The molecule has 0 saturated heterocycles. The molecule has 0 amide bonds. The summed E-state index contributed by atoms with van der Waals surface area (Å²) in [5, 5.41) is 5.24. The van der Waals surface area contributed by atoms with Crippen molar-refractivity contribution in [3.63, 3.8) is 0 Å². The van der Waals surface area contributed by atoms with Gasteiger partial charge >= 0.3 is 0 Å². The van der Waals surface area contributed by atoms with E-state index in [4.69, 9.17) is 16.6 Å². The molecule has 0 radical (unpaired) electrons. The highest BCUT2D eigenvalue weighted by Gasteiger charge is 2.18. The summed E-state index contributed by atoms with van der Waals surface area (Å²) in [4.78, 5) is 4.75. The van der Waals surface area contributed by atoms with Crippen molar-refractivity contribution in [2.75, 3.05) is 7.05 Å². The average molecular weight is 247 g/mol. The molecule has 1 N–H and O–H groups in total. The molecule has 3 rings (SSSR count). The van der Waals surface area contributed by atoms with Gasteiger partial charge in [-0.05, 0) is 55.6 Å². The van der Waals surface area contributed by atoms with E-state index in [1.165, 1.54) is 28.6 Å². The maximum absolute atomic E-state index is 6.09. The Balaban J connectivity index is 2.32. The number of halogens is 1. The van der Waals surface area contributed by atoms with E-state index in [-0.39, 0.29) is 0 Å². The molecule has 3 heteroatoms. The fourth-order valence-corrected chi connectivity index (χ4v) is 2.88. The Hall–Kier alpha value is -1.12. The molecule has 1 aromatic heterocycles. The Labute approximate surface area is 106 Å². The first-order valence-corrected chi connectivity index (χ1v) is 6.42. The van der Waals surface area contributed by atoms with Crippen molar-refractivity contribution in [1.82, 2.24) is 10.3 Å². The quantitative estimate of drug-likeness (QED) is 0.881. The fraction of sp³-hybridized carbons (Fsp3) is 0.357. The van der Waals surface area contributed by atoms with Crippen LogP contribution < -0.4 is 5.32 Å². The average Bonchev–Trinajstić information content (AvgIpc) is 2.77. The Morgan fingerprint density at radius 2 is 2.24 bits per heavy atom. The summed E-state index contributed by atoms with van der Waals surface area (Å²) in [5.74, 6) is 0. The Kier molecular flexibility index (Phi) is 2.77. The minimum Gasteiger partial charge on any atom is -0.316 e. The molecule has 1 aromatic carbocycles. The molecule has 17 heavy (non-hydrogen) atoms. The number of rotatable bonds is 2. The molecule has 0 spiro atoms. The van der Waals surface area contributed by atoms with E-state index in [0.29, 0.717) is 0 Å². The minimum absolute atomic E-state index is 0.787. The van der Waals surface area contributed by atoms with Gasteiger partial charge in [-0.15, -0.1) is 0 Å². The molecule has 1 aliphatic rings. The van der Waals surface area contributed by atoms with Gasteiger partial charge in [0, 0.05) is 22.6 Å². The van der Waals surface area contributed by atoms with E-state index < -0.39 is 0 Å². The van der Waals surface area contributed by atoms with Crippen LogP contribution >= 0.6 is 11.6 Å². The topological polar surface area (TPSA) is 24.9 Å². The summed E-state index contributed by atoms with van der Waals surface area (Å²) in [7, 11) is 1.98. The minimum atomic E-state index is 0.787. The summed E-state index contributed by atoms with van der Waals surface area (Å²) in [6.45, 7) is 0.891. The lowest BCUT2D eigenvalue weighted by Crippen LogP contribution is -2.09. The number of aryl methyl sites for hydroxylation is 1. The Morgan fingerprint density at radius 1 is 1.35 bits per heavy atom. The highest BCUT2D eigenvalue weighted by Crippen LogP contribution is 2.31. The number of nitrogens with zero attached hydrogens (tertiary/aromatic N) is 1. The largest absolute Gasteiger partial charge is 0.316 e. The predicted molar refractivity (Wildman–Crippen MR) is 71.5 cm³/mol. The summed E-state index contributed by atoms with van der Waals surface area (Å²) in [5.41, 5.74) is 5.17. The van der Waals surface area contributed by atoms with Gasteiger partial charge in [-0.3, -0.25) is 4.98 Å². The molecule has 1 heterocycles. The zero-order chi connectivity index (χ0) is 11.8. The highest BCUT2D eigenvalue weighted by molar-refractivity contribution is 6.31. The fourth-order valence-electron chi connectivity index (χ4n) is 2.71. The third-order valence-corrected chi connectivity index (χ3v) is 3.68. The van der Waals surface area contributed by atoms with Gasteiger partial charge in [0.25, 0.3) is 0 Å². The lowest BCUT2D eigenvalue weighted by molar-refractivity contribution is 0.809. The third kappa shape index (κ3) is 1.81. The van der Waals surface area contributed by atoms with Gasteiger partial charge in [0.05, 0.1) is 5.52 Å². The van der Waals surface area contributed by atoms with Gasteiger partial charge in [0.1, 0.15) is 0 Å². The van der Waals surface area contributed by atoms with Crippen LogP contribution in [-0.2, 0) is 19.4 Å². The second-order valence-corrected chi connectivity index (χ2v) is 5.00. The molecule has 0 unspecified atom stereocenters. The maximum Gasteiger partial charge on any atom is 0.0709 e. The predicted octanol–water partition coefficient (Wildman–Crippen LogP) is 3.10. The second kappa shape index (κ2) is 4.28. The zero-order valence-corrected chi connectivity index (χ0v) is 10.6. The lowest BCUT2D eigenvalue weighted by Gasteiger charge is -2.12. The first-order valence-electron chi connectivity index (χ1n) is 6.04. The molecule has 0 atom stereocenters. The Bertz CT molecular complexity index is 578. The van der Waals surface area contributed by atoms with Crippen LogP contribution in [-0.4, -0.2) is 12.0 Å². The van der Waals surface area contributed by atoms with Crippen molar-refractivity contribution in [1.29, 1.82) is 0 Å². The van der Waals surface area contributed by atoms with Gasteiger partial charge in [-0.1, -0.05) is 11.6 Å². The lowest BCUT2D eigenvalue weighted by atomic mass is 10.0. The third-order valence-electron chi connectivity index (χ3n) is 3.45. The standard InChI is InChI=1S/C14H15ClN2/c1-16-8-12-10-3-2-4-13(10)17-14-6-5-9(15)7-11(12)14/h5-7,16H,2-4,8H2,1H3. The van der Waals surface area contributed by atoms with E-state index >= 15 is 0 Å². The van der Waals surface area contributed by atoms with E-state index in [9.17, 15) is 0 Å². The number of fused-ring (bicyclic) bond motifs is 2. The molecule has 1 aliphatic carbocycles. The highest BCUT2D eigenvalue weighted by atomic mass is 35.5. The van der Waals surface area contributed by atoms with Gasteiger partial charge in [0.15, 0.2) is 0 Å². The molecule has 0 fully saturated rings. The molecule has 0 bridgehead atoms. The molecular weight excluding hydrogens is 232 g/mol. The molecule has 0 saturated carbocycles. The van der Waals surface area contributed by atoms with Gasteiger partial charge in [-0.2, -0.15) is 0 Å². The van der Waals surface area contributed by atoms with Crippen LogP contribution in [0.3, 0.4) is 0 Å². The van der Waals surface area contributed by atoms with Crippen LogP contribution in [0.4, 0.5) is 0 Å². The van der Waals surface area contributed by atoms with Crippen molar-refractivity contribution in [3.05, 3.63) is 40.0 Å². The number of aromatic nitrogens is 1. The summed E-state index contributed by atoms with van der Waals surface area (Å²) < 4.78 is 0. The summed E-state index contributed by atoms with van der Waals surface area (Å²) >= 11 is 6.09. The molecule has 0 aliphatic heterocycles.